The lowest BCUT2D eigenvalue weighted by atomic mass is 9.68. The van der Waals surface area contributed by atoms with Crippen LogP contribution < -0.4 is 11.1 Å². The van der Waals surface area contributed by atoms with Crippen LogP contribution in [0.15, 0.2) is 9.59 Å². The molecule has 2 N–H and O–H groups in total. The van der Waals surface area contributed by atoms with Gasteiger partial charge in [-0.1, -0.05) is 0 Å². The minimum absolute atomic E-state index is 0.0889. The summed E-state index contributed by atoms with van der Waals surface area (Å²) < 4.78 is 0. The fraction of sp³-hybridized carbons (Fsp3) is 0.600. The van der Waals surface area contributed by atoms with Crippen LogP contribution in [0.5, 0.6) is 0 Å². The van der Waals surface area contributed by atoms with Gasteiger partial charge in [0.1, 0.15) is 0 Å². The van der Waals surface area contributed by atoms with Gasteiger partial charge >= 0.3 is 0 Å². The van der Waals surface area contributed by atoms with Crippen molar-refractivity contribution in [2.45, 2.75) is 37.5 Å². The van der Waals surface area contributed by atoms with Gasteiger partial charge in [0.05, 0.1) is 0 Å². The SMILES string of the molecule is O=c1[nH][nH]c(=O)c2c1C1CCC2CC1. The van der Waals surface area contributed by atoms with Crippen molar-refractivity contribution in [1.29, 1.82) is 0 Å². The third-order valence-corrected chi connectivity index (χ3v) is 3.61. The zero-order chi connectivity index (χ0) is 9.71. The van der Waals surface area contributed by atoms with Gasteiger partial charge in [-0.2, -0.15) is 0 Å². The Bertz CT molecular complexity index is 433. The van der Waals surface area contributed by atoms with Crippen molar-refractivity contribution in [2.75, 3.05) is 0 Å². The standard InChI is InChI=1S/C10H12N2O2/c13-9-7-5-1-2-6(4-3-5)8(7)10(14)12-11-9/h5-6H,1-4H2,(H,11,13)(H,12,14). The van der Waals surface area contributed by atoms with Crippen LogP contribution in [0.2, 0.25) is 0 Å². The molecule has 4 heteroatoms. The minimum Gasteiger partial charge on any atom is -0.268 e. The van der Waals surface area contributed by atoms with Crippen LogP contribution in [0, 0.1) is 0 Å². The summed E-state index contributed by atoms with van der Waals surface area (Å²) in [6.45, 7) is 0. The van der Waals surface area contributed by atoms with E-state index in [0.717, 1.165) is 36.8 Å². The minimum atomic E-state index is -0.0889. The Kier molecular flexibility index (Phi) is 1.48. The lowest BCUT2D eigenvalue weighted by Crippen LogP contribution is -2.37. The molecule has 74 valence electrons. The lowest BCUT2D eigenvalue weighted by Gasteiger charge is -2.36. The average molecular weight is 192 g/mol. The Morgan fingerprint density at radius 3 is 1.50 bits per heavy atom. The van der Waals surface area contributed by atoms with Crippen molar-refractivity contribution < 1.29 is 0 Å². The van der Waals surface area contributed by atoms with Gasteiger partial charge in [-0.3, -0.25) is 19.8 Å². The first-order valence-electron chi connectivity index (χ1n) is 5.12. The summed E-state index contributed by atoms with van der Waals surface area (Å²) in [4.78, 5) is 23.2. The van der Waals surface area contributed by atoms with Gasteiger partial charge in [0.15, 0.2) is 0 Å². The van der Waals surface area contributed by atoms with E-state index < -0.39 is 0 Å². The molecule has 0 spiro atoms. The van der Waals surface area contributed by atoms with Crippen LogP contribution in [-0.4, -0.2) is 10.2 Å². The summed E-state index contributed by atoms with van der Waals surface area (Å²) in [6, 6.07) is 0. The van der Waals surface area contributed by atoms with Crippen molar-refractivity contribution in [3.05, 3.63) is 31.8 Å². The summed E-state index contributed by atoms with van der Waals surface area (Å²) in [7, 11) is 0. The van der Waals surface area contributed by atoms with Gasteiger partial charge in [0.25, 0.3) is 11.1 Å². The summed E-state index contributed by atoms with van der Waals surface area (Å²) >= 11 is 0. The molecule has 4 nitrogen and oxygen atoms in total. The maximum Gasteiger partial charge on any atom is 0.266 e. The molecule has 1 heterocycles. The zero-order valence-corrected chi connectivity index (χ0v) is 7.80. The fourth-order valence-electron chi connectivity index (χ4n) is 2.97. The highest BCUT2D eigenvalue weighted by atomic mass is 16.1. The monoisotopic (exact) mass is 192 g/mol. The second-order valence-corrected chi connectivity index (χ2v) is 4.28. The van der Waals surface area contributed by atoms with E-state index in [1.54, 1.807) is 0 Å². The Morgan fingerprint density at radius 1 is 0.786 bits per heavy atom. The number of fused-ring (bicyclic) bond motifs is 2. The molecular formula is C10H12N2O2. The normalized spacial score (nSPS) is 28.9. The molecule has 3 aliphatic carbocycles. The van der Waals surface area contributed by atoms with Crippen molar-refractivity contribution in [3.8, 4) is 0 Å². The van der Waals surface area contributed by atoms with E-state index in [9.17, 15) is 9.59 Å². The number of rotatable bonds is 0. The average Bonchev–Trinajstić information content (AvgIpc) is 2.25. The van der Waals surface area contributed by atoms with E-state index in [1.807, 2.05) is 0 Å². The molecule has 0 radical (unpaired) electrons. The quantitative estimate of drug-likeness (QED) is 0.639. The molecule has 3 aliphatic rings. The van der Waals surface area contributed by atoms with Crippen molar-refractivity contribution >= 4 is 0 Å². The molecule has 0 saturated heterocycles. The second-order valence-electron chi connectivity index (χ2n) is 4.28. The maximum atomic E-state index is 11.6. The molecule has 0 aliphatic heterocycles. The van der Waals surface area contributed by atoms with E-state index >= 15 is 0 Å². The molecule has 1 aromatic heterocycles. The number of nitrogens with one attached hydrogen (secondary N) is 2. The van der Waals surface area contributed by atoms with Crippen molar-refractivity contribution in [1.82, 2.24) is 10.2 Å². The first kappa shape index (κ1) is 8.03. The number of H-pyrrole nitrogens is 2. The Hall–Kier alpha value is -1.32. The first-order chi connectivity index (χ1) is 6.77. The number of aromatic nitrogens is 2. The summed E-state index contributed by atoms with van der Waals surface area (Å²) in [5.74, 6) is 0.669. The maximum absolute atomic E-state index is 11.6. The van der Waals surface area contributed by atoms with Gasteiger partial charge in [0, 0.05) is 11.1 Å². The van der Waals surface area contributed by atoms with Gasteiger partial charge in [-0.15, -0.1) is 0 Å². The van der Waals surface area contributed by atoms with Crippen LogP contribution in [0.1, 0.15) is 48.6 Å². The Morgan fingerprint density at radius 2 is 1.14 bits per heavy atom. The highest BCUT2D eigenvalue weighted by molar-refractivity contribution is 5.34. The first-order valence-corrected chi connectivity index (χ1v) is 5.12. The number of hydrogen-bond donors (Lipinski definition) is 2. The highest BCUT2D eigenvalue weighted by Crippen LogP contribution is 2.46. The zero-order valence-electron chi connectivity index (χ0n) is 7.80. The number of hydrogen-bond acceptors (Lipinski definition) is 2. The Labute approximate surface area is 80.3 Å². The van der Waals surface area contributed by atoms with Crippen molar-refractivity contribution in [2.24, 2.45) is 0 Å². The topological polar surface area (TPSA) is 65.7 Å². The summed E-state index contributed by atoms with van der Waals surface area (Å²) in [6.07, 6.45) is 4.29. The molecule has 1 fully saturated rings. The van der Waals surface area contributed by atoms with Crippen LogP contribution in [0.4, 0.5) is 0 Å². The third kappa shape index (κ3) is 0.882. The van der Waals surface area contributed by atoms with Gasteiger partial charge in [-0.25, -0.2) is 0 Å². The van der Waals surface area contributed by atoms with E-state index in [0.29, 0.717) is 11.8 Å². The molecule has 0 unspecified atom stereocenters. The smallest absolute Gasteiger partial charge is 0.266 e. The van der Waals surface area contributed by atoms with E-state index in [1.165, 1.54) is 0 Å². The predicted octanol–water partition coefficient (Wildman–Crippen LogP) is 0.818. The molecule has 1 aromatic rings. The second kappa shape index (κ2) is 2.59. The molecule has 0 amide bonds. The Balaban J connectivity index is 2.38. The largest absolute Gasteiger partial charge is 0.268 e. The van der Waals surface area contributed by atoms with E-state index in [-0.39, 0.29) is 11.1 Å². The van der Waals surface area contributed by atoms with Crippen LogP contribution >= 0.6 is 0 Å². The van der Waals surface area contributed by atoms with Gasteiger partial charge in [0.2, 0.25) is 0 Å². The molecule has 4 rings (SSSR count). The molecule has 0 atom stereocenters. The highest BCUT2D eigenvalue weighted by Gasteiger charge is 2.36. The van der Waals surface area contributed by atoms with Crippen LogP contribution in [0.25, 0.3) is 0 Å². The molecule has 1 saturated carbocycles. The predicted molar refractivity (Wildman–Crippen MR) is 51.6 cm³/mol. The summed E-state index contributed by atoms with van der Waals surface area (Å²) in [5.41, 5.74) is 1.37. The summed E-state index contributed by atoms with van der Waals surface area (Å²) in [5, 5.41) is 4.84. The molecule has 2 bridgehead atoms. The van der Waals surface area contributed by atoms with Crippen molar-refractivity contribution in [3.63, 3.8) is 0 Å². The van der Waals surface area contributed by atoms with Crippen LogP contribution in [-0.2, 0) is 0 Å². The molecule has 14 heavy (non-hydrogen) atoms. The van der Waals surface area contributed by atoms with E-state index in [2.05, 4.69) is 10.2 Å². The molecule has 0 aromatic carbocycles. The third-order valence-electron chi connectivity index (χ3n) is 3.61. The van der Waals surface area contributed by atoms with Crippen LogP contribution in [0.3, 0.4) is 0 Å². The lowest BCUT2D eigenvalue weighted by molar-refractivity contribution is 0.351. The fourth-order valence-corrected chi connectivity index (χ4v) is 2.97. The van der Waals surface area contributed by atoms with Gasteiger partial charge < -0.3 is 0 Å². The number of aromatic amines is 2. The molecular weight excluding hydrogens is 180 g/mol. The van der Waals surface area contributed by atoms with Gasteiger partial charge in [-0.05, 0) is 37.5 Å². The van der Waals surface area contributed by atoms with E-state index in [4.69, 9.17) is 0 Å².